The minimum Gasteiger partial charge on any atom is -0.598 e. The van der Waals surface area contributed by atoms with Crippen molar-refractivity contribution in [2.24, 2.45) is 0 Å². The molecule has 0 amide bonds. The van der Waals surface area contributed by atoms with Crippen LogP contribution in [0, 0.1) is 11.6 Å². The number of rotatable bonds is 4. The van der Waals surface area contributed by atoms with Gasteiger partial charge in [-0.15, -0.1) is 4.72 Å². The van der Waals surface area contributed by atoms with Crippen molar-refractivity contribution in [2.75, 3.05) is 0 Å². The van der Waals surface area contributed by atoms with Crippen molar-refractivity contribution in [3.63, 3.8) is 0 Å². The molecule has 3 rings (SSSR count). The average Bonchev–Trinajstić information content (AvgIpc) is 2.59. The van der Waals surface area contributed by atoms with Crippen molar-refractivity contribution in [2.45, 2.75) is 38.5 Å². The highest BCUT2D eigenvalue weighted by molar-refractivity contribution is 7.90. The lowest BCUT2D eigenvalue weighted by Crippen LogP contribution is -2.40. The topological polar surface area (TPSA) is 48.0 Å². The second kappa shape index (κ2) is 7.54. The van der Waals surface area contributed by atoms with Gasteiger partial charge < -0.3 is 4.55 Å². The van der Waals surface area contributed by atoms with Gasteiger partial charge in [-0.3, -0.25) is 0 Å². The smallest absolute Gasteiger partial charge is 0.136 e. The van der Waals surface area contributed by atoms with Crippen molar-refractivity contribution >= 4 is 22.3 Å². The van der Waals surface area contributed by atoms with Crippen LogP contribution in [0.3, 0.4) is 0 Å². The molecule has 6 heteroatoms. The van der Waals surface area contributed by atoms with E-state index in [1.54, 1.807) is 18.2 Å². The summed E-state index contributed by atoms with van der Waals surface area (Å²) in [4.78, 5) is 4.59. The van der Waals surface area contributed by atoms with Crippen molar-refractivity contribution < 1.29 is 13.3 Å². The van der Waals surface area contributed by atoms with Gasteiger partial charge in [0.2, 0.25) is 0 Å². The first-order chi connectivity index (χ1) is 12.6. The molecule has 3 nitrogen and oxygen atoms in total. The molecule has 0 saturated heterocycles. The normalized spacial score (nSPS) is 14.3. The van der Waals surface area contributed by atoms with E-state index in [4.69, 9.17) is 0 Å². The molecule has 2 aromatic carbocycles. The number of aromatic nitrogens is 1. The van der Waals surface area contributed by atoms with Crippen LogP contribution < -0.4 is 4.72 Å². The Kier molecular flexibility index (Phi) is 5.51. The van der Waals surface area contributed by atoms with Crippen LogP contribution in [0.4, 0.5) is 8.78 Å². The third kappa shape index (κ3) is 4.46. The van der Waals surface area contributed by atoms with E-state index in [1.165, 1.54) is 24.3 Å². The van der Waals surface area contributed by atoms with Gasteiger partial charge in [-0.1, -0.05) is 12.1 Å². The van der Waals surface area contributed by atoms with E-state index in [1.807, 2.05) is 33.8 Å². The summed E-state index contributed by atoms with van der Waals surface area (Å²) in [5.74, 6) is -0.758. The van der Waals surface area contributed by atoms with Crippen LogP contribution in [0.5, 0.6) is 0 Å². The predicted molar refractivity (Wildman–Crippen MR) is 107 cm³/mol. The summed E-state index contributed by atoms with van der Waals surface area (Å²) in [5.41, 5.74) is 2.39. The monoisotopic (exact) mass is 388 g/mol. The molecule has 0 bridgehead atoms. The molecule has 0 spiro atoms. The lowest BCUT2D eigenvalue weighted by Gasteiger charge is -2.27. The molecule has 1 aromatic heterocycles. The Morgan fingerprint density at radius 3 is 2.41 bits per heavy atom. The molecule has 142 valence electrons. The number of halogens is 2. The van der Waals surface area contributed by atoms with Crippen molar-refractivity contribution in [3.05, 3.63) is 65.7 Å². The van der Waals surface area contributed by atoms with Gasteiger partial charge in [-0.2, -0.15) is 0 Å². The minimum absolute atomic E-state index is 0.301. The number of pyridine rings is 1. The molecule has 27 heavy (non-hydrogen) atoms. The Morgan fingerprint density at radius 2 is 1.74 bits per heavy atom. The first-order valence-corrected chi connectivity index (χ1v) is 9.84. The number of nitrogens with zero attached hydrogens (tertiary/aromatic N) is 1. The Bertz CT molecular complexity index is 972. The molecular formula is C21H22F2N2OS. The highest BCUT2D eigenvalue weighted by Gasteiger charge is 2.29. The van der Waals surface area contributed by atoms with Crippen LogP contribution in [-0.2, 0) is 11.4 Å². The highest BCUT2D eigenvalue weighted by atomic mass is 32.2. The summed E-state index contributed by atoms with van der Waals surface area (Å²) in [6.45, 7) is 7.55. The zero-order chi connectivity index (χ0) is 19.8. The van der Waals surface area contributed by atoms with Gasteiger partial charge in [-0.25, -0.2) is 13.8 Å². The number of benzene rings is 2. The number of hydrogen-bond donors (Lipinski definition) is 1. The van der Waals surface area contributed by atoms with Gasteiger partial charge in [0.1, 0.15) is 16.4 Å². The van der Waals surface area contributed by atoms with Gasteiger partial charge in [0.05, 0.1) is 17.3 Å². The largest absolute Gasteiger partial charge is 0.598 e. The molecule has 2 atom stereocenters. The Labute approximate surface area is 161 Å². The molecule has 0 fully saturated rings. The average molecular weight is 388 g/mol. The lowest BCUT2D eigenvalue weighted by atomic mass is 9.99. The first-order valence-electron chi connectivity index (χ1n) is 8.69. The van der Waals surface area contributed by atoms with Crippen LogP contribution in [0.15, 0.2) is 48.5 Å². The number of fused-ring (bicyclic) bond motifs is 1. The fourth-order valence-electron chi connectivity index (χ4n) is 2.75. The maximum atomic E-state index is 13.8. The van der Waals surface area contributed by atoms with Gasteiger partial charge in [0.15, 0.2) is 0 Å². The van der Waals surface area contributed by atoms with Crippen LogP contribution in [0.1, 0.15) is 39.3 Å². The maximum Gasteiger partial charge on any atom is 0.136 e. The highest BCUT2D eigenvalue weighted by Crippen LogP contribution is 2.31. The molecular weight excluding hydrogens is 366 g/mol. The molecule has 0 radical (unpaired) electrons. The van der Waals surface area contributed by atoms with Gasteiger partial charge in [-0.05, 0) is 58.0 Å². The molecule has 2 unspecified atom stereocenters. The van der Waals surface area contributed by atoms with Crippen molar-refractivity contribution in [1.82, 2.24) is 9.71 Å². The molecule has 0 aliphatic rings. The standard InChI is InChI=1S/C21H22F2N2OS/c1-13(25-27(26)21(2,3)4)18-11-14-8-9-17(23)12-19(14)24-20(18)15-6-5-7-16(22)10-15/h5-13,25H,1-4H3. The maximum absolute atomic E-state index is 13.8. The van der Waals surface area contributed by atoms with Gasteiger partial charge in [0.25, 0.3) is 0 Å². The summed E-state index contributed by atoms with van der Waals surface area (Å²) in [6, 6.07) is 12.1. The molecule has 3 aromatic rings. The zero-order valence-corrected chi connectivity index (χ0v) is 16.5. The fraction of sp³-hybridized carbons (Fsp3) is 0.286. The van der Waals surface area contributed by atoms with E-state index in [0.717, 1.165) is 10.9 Å². The van der Waals surface area contributed by atoms with Crippen LogP contribution in [-0.4, -0.2) is 14.3 Å². The predicted octanol–water partition coefficient (Wildman–Crippen LogP) is 5.29. The van der Waals surface area contributed by atoms with Crippen LogP contribution in [0.25, 0.3) is 22.2 Å². The van der Waals surface area contributed by atoms with Gasteiger partial charge >= 0.3 is 0 Å². The van der Waals surface area contributed by atoms with E-state index in [2.05, 4.69) is 9.71 Å². The Morgan fingerprint density at radius 1 is 1.04 bits per heavy atom. The molecule has 0 aliphatic heterocycles. The second-order valence-corrected chi connectivity index (χ2v) is 9.49. The van der Waals surface area contributed by atoms with Crippen LogP contribution in [0.2, 0.25) is 0 Å². The van der Waals surface area contributed by atoms with Gasteiger partial charge in [0, 0.05) is 33.9 Å². The summed E-state index contributed by atoms with van der Waals surface area (Å²) < 4.78 is 42.6. The third-order valence-electron chi connectivity index (χ3n) is 4.21. The SMILES string of the molecule is CC(N[S+]([O-])C(C)(C)C)c1cc2ccc(F)cc2nc1-c1cccc(F)c1. The molecule has 1 N–H and O–H groups in total. The second-order valence-electron chi connectivity index (χ2n) is 7.49. The summed E-state index contributed by atoms with van der Waals surface area (Å²) in [7, 11) is 0. The quantitative estimate of drug-likeness (QED) is 0.618. The van der Waals surface area contributed by atoms with E-state index in [-0.39, 0.29) is 17.7 Å². The lowest BCUT2D eigenvalue weighted by molar-refractivity contribution is 0.531. The Balaban J connectivity index is 2.14. The zero-order valence-electron chi connectivity index (χ0n) is 15.7. The summed E-state index contributed by atoms with van der Waals surface area (Å²) in [5, 5.41) is 0.766. The third-order valence-corrected chi connectivity index (χ3v) is 5.89. The van der Waals surface area contributed by atoms with Crippen molar-refractivity contribution in [3.8, 4) is 11.3 Å². The molecule has 0 aliphatic carbocycles. The summed E-state index contributed by atoms with van der Waals surface area (Å²) in [6.07, 6.45) is 0. The van der Waals surface area contributed by atoms with E-state index >= 15 is 0 Å². The fourth-order valence-corrected chi connectivity index (χ4v) is 3.56. The van der Waals surface area contributed by atoms with E-state index < -0.39 is 16.1 Å². The number of nitrogens with one attached hydrogen (secondary N) is 1. The first kappa shape index (κ1) is 19.7. The Hall–Kier alpha value is -2.02. The molecule has 1 heterocycles. The van der Waals surface area contributed by atoms with Crippen molar-refractivity contribution in [1.29, 1.82) is 0 Å². The minimum atomic E-state index is -1.29. The molecule has 0 saturated carbocycles. The number of hydrogen-bond acceptors (Lipinski definition) is 3. The van der Waals surface area contributed by atoms with Crippen LogP contribution >= 0.6 is 0 Å². The van der Waals surface area contributed by atoms with E-state index in [0.29, 0.717) is 16.8 Å². The van der Waals surface area contributed by atoms with E-state index in [9.17, 15) is 13.3 Å². The summed E-state index contributed by atoms with van der Waals surface area (Å²) >= 11 is -1.29.